The summed E-state index contributed by atoms with van der Waals surface area (Å²) in [5.74, 6) is -0.869. The minimum Gasteiger partial charge on any atom is -0.481 e. The fourth-order valence-electron chi connectivity index (χ4n) is 2.34. The van der Waals surface area contributed by atoms with Crippen LogP contribution >= 0.6 is 0 Å². The minimum atomic E-state index is -0.707. The third kappa shape index (κ3) is 1.06. The Morgan fingerprint density at radius 3 is 2.64 bits per heavy atom. The van der Waals surface area contributed by atoms with Gasteiger partial charge >= 0.3 is 5.97 Å². The van der Waals surface area contributed by atoms with Crippen LogP contribution < -0.4 is 0 Å². The Bertz CT molecular complexity index is 381. The van der Waals surface area contributed by atoms with Crippen LogP contribution in [0.3, 0.4) is 0 Å². The molecule has 0 radical (unpaired) electrons. The van der Waals surface area contributed by atoms with Gasteiger partial charge in [0.2, 0.25) is 0 Å². The van der Waals surface area contributed by atoms with E-state index >= 15 is 0 Å². The molecule has 1 aliphatic rings. The average molecular weight is 194 g/mol. The Kier molecular flexibility index (Phi) is 1.71. The van der Waals surface area contributed by atoms with E-state index in [0.29, 0.717) is 0 Å². The minimum absolute atomic E-state index is 0.104. The van der Waals surface area contributed by atoms with Gasteiger partial charge in [0, 0.05) is 24.9 Å². The molecule has 0 saturated heterocycles. The van der Waals surface area contributed by atoms with E-state index in [0.717, 1.165) is 5.69 Å². The summed E-state index contributed by atoms with van der Waals surface area (Å²) < 4.78 is 1.76. The molecule has 0 amide bonds. The molecule has 0 aliphatic heterocycles. The molecule has 4 nitrogen and oxygen atoms in total. The lowest BCUT2D eigenvalue weighted by Gasteiger charge is -2.02. The van der Waals surface area contributed by atoms with Gasteiger partial charge in [-0.15, -0.1) is 0 Å². The van der Waals surface area contributed by atoms with Crippen LogP contribution in [0.15, 0.2) is 12.3 Å². The van der Waals surface area contributed by atoms with Crippen molar-refractivity contribution < 1.29 is 9.90 Å². The predicted octanol–water partition coefficient (Wildman–Crippen LogP) is 1.24. The fraction of sp³-hybridized carbons (Fsp3) is 0.600. The molecule has 1 aromatic rings. The van der Waals surface area contributed by atoms with Crippen LogP contribution in [0.1, 0.15) is 25.5 Å². The molecule has 1 fully saturated rings. The summed E-state index contributed by atoms with van der Waals surface area (Å²) in [6, 6.07) is 1.90. The first kappa shape index (κ1) is 9.24. The Morgan fingerprint density at radius 1 is 1.64 bits per heavy atom. The second-order valence-corrected chi connectivity index (χ2v) is 4.49. The normalized spacial score (nSPS) is 28.8. The highest BCUT2D eigenvalue weighted by Gasteiger charge is 2.63. The molecule has 76 valence electrons. The SMILES string of the molecule is Cn1nccc1[C@@H]1[C@@H](C(=O)O)C1(C)C. The average Bonchev–Trinajstić information content (AvgIpc) is 2.42. The Hall–Kier alpha value is -1.32. The lowest BCUT2D eigenvalue weighted by atomic mass is 10.1. The molecule has 1 saturated carbocycles. The highest BCUT2D eigenvalue weighted by atomic mass is 16.4. The van der Waals surface area contributed by atoms with Gasteiger partial charge in [0.25, 0.3) is 0 Å². The molecular weight excluding hydrogens is 180 g/mol. The zero-order chi connectivity index (χ0) is 10.5. The second-order valence-electron chi connectivity index (χ2n) is 4.49. The summed E-state index contributed by atoms with van der Waals surface area (Å²) in [6.07, 6.45) is 1.71. The van der Waals surface area contributed by atoms with Crippen molar-refractivity contribution in [1.29, 1.82) is 0 Å². The van der Waals surface area contributed by atoms with E-state index < -0.39 is 5.97 Å². The van der Waals surface area contributed by atoms with Crippen LogP contribution in [0.2, 0.25) is 0 Å². The molecule has 1 N–H and O–H groups in total. The first-order valence-electron chi connectivity index (χ1n) is 4.67. The molecular formula is C10H14N2O2. The van der Waals surface area contributed by atoms with E-state index in [4.69, 9.17) is 5.11 Å². The van der Waals surface area contributed by atoms with E-state index in [1.54, 1.807) is 10.9 Å². The Morgan fingerprint density at radius 2 is 2.29 bits per heavy atom. The summed E-state index contributed by atoms with van der Waals surface area (Å²) in [5.41, 5.74) is 0.877. The molecule has 1 aliphatic carbocycles. The molecule has 0 spiro atoms. The zero-order valence-corrected chi connectivity index (χ0v) is 8.56. The van der Waals surface area contributed by atoms with Crippen LogP contribution in [-0.4, -0.2) is 20.9 Å². The number of nitrogens with zero attached hydrogens (tertiary/aromatic N) is 2. The van der Waals surface area contributed by atoms with Gasteiger partial charge in [0.15, 0.2) is 0 Å². The lowest BCUT2D eigenvalue weighted by Crippen LogP contribution is -2.03. The number of aliphatic carboxylic acids is 1. The maximum absolute atomic E-state index is 11.0. The monoisotopic (exact) mass is 194 g/mol. The zero-order valence-electron chi connectivity index (χ0n) is 8.56. The summed E-state index contributed by atoms with van der Waals surface area (Å²) in [4.78, 5) is 11.0. The molecule has 2 rings (SSSR count). The van der Waals surface area contributed by atoms with Crippen LogP contribution in [0, 0.1) is 11.3 Å². The van der Waals surface area contributed by atoms with Crippen molar-refractivity contribution in [3.63, 3.8) is 0 Å². The maximum atomic E-state index is 11.0. The van der Waals surface area contributed by atoms with E-state index in [-0.39, 0.29) is 17.3 Å². The topological polar surface area (TPSA) is 55.1 Å². The molecule has 0 aromatic carbocycles. The number of carboxylic acid groups (broad SMARTS) is 1. The number of aryl methyl sites for hydroxylation is 1. The Labute approximate surface area is 82.5 Å². The van der Waals surface area contributed by atoms with Crippen molar-refractivity contribution in [2.24, 2.45) is 18.4 Å². The predicted molar refractivity (Wildman–Crippen MR) is 50.9 cm³/mol. The van der Waals surface area contributed by atoms with Crippen LogP contribution in [0.5, 0.6) is 0 Å². The second kappa shape index (κ2) is 2.59. The number of rotatable bonds is 2. The van der Waals surface area contributed by atoms with Gasteiger partial charge in [-0.3, -0.25) is 9.48 Å². The highest BCUT2D eigenvalue weighted by Crippen LogP contribution is 2.64. The highest BCUT2D eigenvalue weighted by molar-refractivity contribution is 5.77. The van der Waals surface area contributed by atoms with Crippen molar-refractivity contribution in [3.8, 4) is 0 Å². The van der Waals surface area contributed by atoms with Crippen LogP contribution in [-0.2, 0) is 11.8 Å². The van der Waals surface area contributed by atoms with Gasteiger partial charge in [-0.25, -0.2) is 0 Å². The van der Waals surface area contributed by atoms with E-state index in [1.165, 1.54) is 0 Å². The van der Waals surface area contributed by atoms with E-state index in [1.807, 2.05) is 27.0 Å². The molecule has 0 unspecified atom stereocenters. The molecule has 4 heteroatoms. The van der Waals surface area contributed by atoms with Gasteiger partial charge in [-0.05, 0) is 11.5 Å². The van der Waals surface area contributed by atoms with Crippen molar-refractivity contribution in [2.75, 3.05) is 0 Å². The number of hydrogen-bond acceptors (Lipinski definition) is 2. The quantitative estimate of drug-likeness (QED) is 0.770. The van der Waals surface area contributed by atoms with E-state index in [2.05, 4.69) is 5.10 Å². The van der Waals surface area contributed by atoms with Gasteiger partial charge in [0.1, 0.15) is 0 Å². The fourth-order valence-corrected chi connectivity index (χ4v) is 2.34. The smallest absolute Gasteiger partial charge is 0.307 e. The van der Waals surface area contributed by atoms with Crippen LogP contribution in [0.25, 0.3) is 0 Å². The molecule has 1 heterocycles. The lowest BCUT2D eigenvalue weighted by molar-refractivity contribution is -0.139. The number of carboxylic acids is 1. The van der Waals surface area contributed by atoms with E-state index in [9.17, 15) is 4.79 Å². The third-order valence-corrected chi connectivity index (χ3v) is 3.27. The number of aromatic nitrogens is 2. The third-order valence-electron chi connectivity index (χ3n) is 3.27. The molecule has 1 aromatic heterocycles. The molecule has 14 heavy (non-hydrogen) atoms. The summed E-state index contributed by atoms with van der Waals surface area (Å²) in [6.45, 7) is 3.98. The summed E-state index contributed by atoms with van der Waals surface area (Å²) in [5, 5.41) is 13.1. The van der Waals surface area contributed by atoms with Gasteiger partial charge in [-0.2, -0.15) is 5.10 Å². The standard InChI is InChI=1S/C10H14N2O2/c1-10(2)7(8(10)9(13)14)6-4-5-11-12(6)3/h4-5,7-8H,1-3H3,(H,13,14)/t7-,8+/m1/s1. The maximum Gasteiger partial charge on any atom is 0.307 e. The van der Waals surface area contributed by atoms with Gasteiger partial charge < -0.3 is 5.11 Å². The van der Waals surface area contributed by atoms with Gasteiger partial charge in [0.05, 0.1) is 5.92 Å². The van der Waals surface area contributed by atoms with Crippen molar-refractivity contribution in [2.45, 2.75) is 19.8 Å². The van der Waals surface area contributed by atoms with Gasteiger partial charge in [-0.1, -0.05) is 13.8 Å². The van der Waals surface area contributed by atoms with Crippen molar-refractivity contribution in [1.82, 2.24) is 9.78 Å². The molecule has 2 atom stereocenters. The van der Waals surface area contributed by atoms with Crippen molar-refractivity contribution in [3.05, 3.63) is 18.0 Å². The first-order valence-corrected chi connectivity index (χ1v) is 4.67. The first-order chi connectivity index (χ1) is 6.46. The number of carbonyl (C=O) groups is 1. The summed E-state index contributed by atoms with van der Waals surface area (Å²) in [7, 11) is 1.85. The van der Waals surface area contributed by atoms with Crippen molar-refractivity contribution >= 4 is 5.97 Å². The summed E-state index contributed by atoms with van der Waals surface area (Å²) >= 11 is 0. The Balaban J connectivity index is 2.32. The largest absolute Gasteiger partial charge is 0.481 e. The van der Waals surface area contributed by atoms with Crippen LogP contribution in [0.4, 0.5) is 0 Å². The molecule has 0 bridgehead atoms. The number of hydrogen-bond donors (Lipinski definition) is 1.